The summed E-state index contributed by atoms with van der Waals surface area (Å²) in [6, 6.07) is 5.98. The molecular weight excluding hydrogens is 403 g/mol. The molecule has 4 rings (SSSR count). The Labute approximate surface area is 179 Å². The van der Waals surface area contributed by atoms with Crippen molar-refractivity contribution in [3.63, 3.8) is 0 Å². The molecule has 6 nitrogen and oxygen atoms in total. The van der Waals surface area contributed by atoms with Crippen LogP contribution < -0.4 is 10.6 Å². The molecule has 1 aromatic carbocycles. The summed E-state index contributed by atoms with van der Waals surface area (Å²) < 4.78 is 13.0. The van der Waals surface area contributed by atoms with Gasteiger partial charge in [-0.1, -0.05) is 18.6 Å². The summed E-state index contributed by atoms with van der Waals surface area (Å²) in [5.74, 6) is -0.405. The number of thiazole rings is 1. The van der Waals surface area contributed by atoms with Crippen LogP contribution in [0.4, 0.5) is 14.3 Å². The van der Waals surface area contributed by atoms with Gasteiger partial charge in [-0.05, 0) is 56.2 Å². The Morgan fingerprint density at radius 1 is 1.10 bits per heavy atom. The molecule has 0 atom stereocenters. The number of rotatable bonds is 4. The van der Waals surface area contributed by atoms with Crippen molar-refractivity contribution in [1.82, 2.24) is 15.2 Å². The molecule has 0 spiro atoms. The number of halogens is 1. The number of benzene rings is 1. The van der Waals surface area contributed by atoms with Gasteiger partial charge in [0.15, 0.2) is 5.13 Å². The number of piperidine rings is 1. The van der Waals surface area contributed by atoms with Gasteiger partial charge in [-0.2, -0.15) is 0 Å². The first-order valence-electron chi connectivity index (χ1n) is 10.6. The van der Waals surface area contributed by atoms with Crippen molar-refractivity contribution >= 4 is 28.4 Å². The van der Waals surface area contributed by atoms with Crippen LogP contribution in [-0.4, -0.2) is 34.9 Å². The largest absolute Gasteiger partial charge is 0.352 e. The molecule has 30 heavy (non-hydrogen) atoms. The summed E-state index contributed by atoms with van der Waals surface area (Å²) in [5.41, 5.74) is 2.01. The van der Waals surface area contributed by atoms with Gasteiger partial charge < -0.3 is 10.2 Å². The maximum absolute atomic E-state index is 13.0. The number of aromatic nitrogens is 1. The molecule has 1 aliphatic carbocycles. The van der Waals surface area contributed by atoms with E-state index < -0.39 is 0 Å². The molecule has 2 N–H and O–H groups in total. The number of hydrogen-bond donors (Lipinski definition) is 2. The number of nitrogens with one attached hydrogen (secondary N) is 2. The van der Waals surface area contributed by atoms with Crippen molar-refractivity contribution < 1.29 is 14.0 Å². The Balaban J connectivity index is 1.23. The number of aryl methyl sites for hydroxylation is 2. The fourth-order valence-corrected chi connectivity index (χ4v) is 5.07. The van der Waals surface area contributed by atoms with Gasteiger partial charge in [0.05, 0.1) is 5.69 Å². The number of amides is 3. The molecule has 1 saturated heterocycles. The average molecular weight is 431 g/mol. The van der Waals surface area contributed by atoms with Crippen molar-refractivity contribution in [2.75, 3.05) is 18.4 Å². The molecule has 2 aromatic rings. The van der Waals surface area contributed by atoms with Crippen molar-refractivity contribution in [1.29, 1.82) is 0 Å². The number of carbonyl (C=O) groups excluding carboxylic acids is 2. The first-order valence-corrected chi connectivity index (χ1v) is 11.5. The van der Waals surface area contributed by atoms with E-state index in [9.17, 15) is 14.0 Å². The fraction of sp³-hybridized carbons (Fsp3) is 0.500. The predicted octanol–water partition coefficient (Wildman–Crippen LogP) is 4.11. The third-order valence-electron chi connectivity index (χ3n) is 5.84. The highest BCUT2D eigenvalue weighted by molar-refractivity contribution is 7.15. The van der Waals surface area contributed by atoms with Gasteiger partial charge in [0.1, 0.15) is 5.82 Å². The summed E-state index contributed by atoms with van der Waals surface area (Å²) in [6.07, 6.45) is 6.94. The van der Waals surface area contributed by atoms with E-state index in [1.54, 1.807) is 28.4 Å². The molecule has 0 unspecified atom stereocenters. The highest BCUT2D eigenvalue weighted by atomic mass is 32.1. The van der Waals surface area contributed by atoms with Crippen LogP contribution in [0.15, 0.2) is 24.3 Å². The van der Waals surface area contributed by atoms with Gasteiger partial charge in [-0.3, -0.25) is 10.1 Å². The van der Waals surface area contributed by atoms with Crippen LogP contribution in [0.3, 0.4) is 0 Å². The lowest BCUT2D eigenvalue weighted by molar-refractivity contribution is -0.126. The highest BCUT2D eigenvalue weighted by Crippen LogP contribution is 2.29. The van der Waals surface area contributed by atoms with Crippen LogP contribution in [0.1, 0.15) is 48.2 Å². The molecule has 2 aliphatic rings. The van der Waals surface area contributed by atoms with Crippen LogP contribution in [0.5, 0.6) is 0 Å². The standard InChI is InChI=1S/C22H27FN4O2S/c23-17-8-6-15(7-9-17)14-24-20(28)16-10-12-27(13-11-16)22(29)26-21-25-18-4-2-1-3-5-19(18)30-21/h6-9,16H,1-5,10-14H2,(H,24,28)(H,25,26,29). The van der Waals surface area contributed by atoms with Crippen LogP contribution >= 0.6 is 11.3 Å². The Hall–Kier alpha value is -2.48. The number of fused-ring (bicyclic) bond motifs is 1. The molecule has 2 heterocycles. The molecule has 1 aromatic heterocycles. The number of hydrogen-bond acceptors (Lipinski definition) is 4. The number of carbonyl (C=O) groups is 2. The molecule has 1 fully saturated rings. The number of anilines is 1. The summed E-state index contributed by atoms with van der Waals surface area (Å²) in [5, 5.41) is 6.55. The fourth-order valence-electron chi connectivity index (χ4n) is 4.03. The van der Waals surface area contributed by atoms with E-state index in [1.165, 1.54) is 36.3 Å². The van der Waals surface area contributed by atoms with E-state index in [0.29, 0.717) is 37.6 Å². The van der Waals surface area contributed by atoms with E-state index in [0.717, 1.165) is 24.1 Å². The van der Waals surface area contributed by atoms with Crippen molar-refractivity contribution in [2.45, 2.75) is 51.5 Å². The maximum Gasteiger partial charge on any atom is 0.323 e. The van der Waals surface area contributed by atoms with E-state index in [1.807, 2.05) is 0 Å². The minimum absolute atomic E-state index is 0.0111. The van der Waals surface area contributed by atoms with Crippen molar-refractivity contribution in [3.05, 3.63) is 46.2 Å². The Kier molecular flexibility index (Phi) is 6.62. The molecule has 0 saturated carbocycles. The van der Waals surface area contributed by atoms with Crippen LogP contribution in [0.25, 0.3) is 0 Å². The molecule has 3 amide bonds. The van der Waals surface area contributed by atoms with E-state index in [4.69, 9.17) is 0 Å². The van der Waals surface area contributed by atoms with Gasteiger partial charge in [0, 0.05) is 30.4 Å². The van der Waals surface area contributed by atoms with Gasteiger partial charge in [-0.15, -0.1) is 11.3 Å². The zero-order valence-electron chi connectivity index (χ0n) is 17.0. The zero-order chi connectivity index (χ0) is 20.9. The normalized spacial score (nSPS) is 17.2. The maximum atomic E-state index is 13.0. The molecule has 1 aliphatic heterocycles. The van der Waals surface area contributed by atoms with E-state index in [2.05, 4.69) is 15.6 Å². The zero-order valence-corrected chi connectivity index (χ0v) is 17.8. The summed E-state index contributed by atoms with van der Waals surface area (Å²) in [6.45, 7) is 1.48. The van der Waals surface area contributed by atoms with Gasteiger partial charge in [-0.25, -0.2) is 14.2 Å². The van der Waals surface area contributed by atoms with E-state index in [-0.39, 0.29) is 23.7 Å². The molecule has 160 valence electrons. The van der Waals surface area contributed by atoms with Crippen LogP contribution in [0, 0.1) is 11.7 Å². The quantitative estimate of drug-likeness (QED) is 0.717. The lowest BCUT2D eigenvalue weighted by atomic mass is 9.96. The topological polar surface area (TPSA) is 74.3 Å². The molecular formula is C22H27FN4O2S. The third-order valence-corrected chi connectivity index (χ3v) is 6.92. The molecule has 0 bridgehead atoms. The first kappa shape index (κ1) is 20.8. The Morgan fingerprint density at radius 2 is 1.83 bits per heavy atom. The van der Waals surface area contributed by atoms with Crippen LogP contribution in [0.2, 0.25) is 0 Å². The Morgan fingerprint density at radius 3 is 2.60 bits per heavy atom. The predicted molar refractivity (Wildman–Crippen MR) is 115 cm³/mol. The number of urea groups is 1. The summed E-state index contributed by atoms with van der Waals surface area (Å²) >= 11 is 1.59. The second kappa shape index (κ2) is 9.55. The average Bonchev–Trinajstić information content (AvgIpc) is 3.01. The van der Waals surface area contributed by atoms with Gasteiger partial charge in [0.25, 0.3) is 0 Å². The number of nitrogens with zero attached hydrogens (tertiary/aromatic N) is 2. The minimum Gasteiger partial charge on any atom is -0.352 e. The lowest BCUT2D eigenvalue weighted by Crippen LogP contribution is -2.44. The van der Waals surface area contributed by atoms with E-state index >= 15 is 0 Å². The molecule has 8 heteroatoms. The lowest BCUT2D eigenvalue weighted by Gasteiger charge is -2.31. The monoisotopic (exact) mass is 430 g/mol. The van der Waals surface area contributed by atoms with Gasteiger partial charge in [0.2, 0.25) is 5.91 Å². The third kappa shape index (κ3) is 5.16. The second-order valence-electron chi connectivity index (χ2n) is 7.99. The molecule has 0 radical (unpaired) electrons. The summed E-state index contributed by atoms with van der Waals surface area (Å²) in [7, 11) is 0. The van der Waals surface area contributed by atoms with Crippen molar-refractivity contribution in [2.24, 2.45) is 5.92 Å². The number of likely N-dealkylation sites (tertiary alicyclic amines) is 1. The van der Waals surface area contributed by atoms with Crippen molar-refractivity contribution in [3.8, 4) is 0 Å². The Bertz CT molecular complexity index is 868. The second-order valence-corrected chi connectivity index (χ2v) is 9.07. The van der Waals surface area contributed by atoms with Crippen LogP contribution in [-0.2, 0) is 24.2 Å². The minimum atomic E-state index is -0.288. The summed E-state index contributed by atoms with van der Waals surface area (Å²) in [4.78, 5) is 32.7. The first-order chi connectivity index (χ1) is 14.6. The van der Waals surface area contributed by atoms with Gasteiger partial charge >= 0.3 is 6.03 Å². The SMILES string of the molecule is O=C(NCc1ccc(F)cc1)C1CCN(C(=O)Nc2nc3c(s2)CCCCC3)CC1. The highest BCUT2D eigenvalue weighted by Gasteiger charge is 2.28. The smallest absolute Gasteiger partial charge is 0.323 e.